The number of carbonyl (C=O) groups excluding carboxylic acids is 2. The molecule has 0 unspecified atom stereocenters. The Hall–Kier alpha value is -1.43. The van der Waals surface area contributed by atoms with Gasteiger partial charge in [0, 0.05) is 24.5 Å². The van der Waals surface area contributed by atoms with Crippen molar-refractivity contribution >= 4 is 28.3 Å². The molecule has 0 aliphatic heterocycles. The summed E-state index contributed by atoms with van der Waals surface area (Å²) in [6, 6.07) is 0. The number of hydrogen-bond donors (Lipinski definition) is 1. The lowest BCUT2D eigenvalue weighted by Crippen LogP contribution is -2.41. The maximum Gasteiger partial charge on any atom is 0.245 e. The van der Waals surface area contributed by atoms with E-state index in [1.165, 1.54) is 11.3 Å². The van der Waals surface area contributed by atoms with Crippen molar-refractivity contribution in [3.05, 3.63) is 11.6 Å². The molecule has 0 saturated heterocycles. The topological polar surface area (TPSA) is 62.3 Å². The quantitative estimate of drug-likeness (QED) is 0.878. The summed E-state index contributed by atoms with van der Waals surface area (Å²) in [5.74, 6) is 0.139. The lowest BCUT2D eigenvalue weighted by molar-refractivity contribution is -0.136. The van der Waals surface area contributed by atoms with E-state index in [0.717, 1.165) is 0 Å². The van der Waals surface area contributed by atoms with Crippen LogP contribution in [0.3, 0.4) is 0 Å². The van der Waals surface area contributed by atoms with Gasteiger partial charge in [0.15, 0.2) is 5.13 Å². The summed E-state index contributed by atoms with van der Waals surface area (Å²) in [7, 11) is 0. The monoisotopic (exact) mass is 311 g/mol. The van der Waals surface area contributed by atoms with Crippen molar-refractivity contribution in [3.63, 3.8) is 0 Å². The third-order valence-corrected chi connectivity index (χ3v) is 3.32. The first kappa shape index (κ1) is 17.6. The zero-order chi connectivity index (χ0) is 16.0. The van der Waals surface area contributed by atoms with E-state index >= 15 is 0 Å². The van der Waals surface area contributed by atoms with Crippen LogP contribution in [0.1, 0.15) is 41.0 Å². The van der Waals surface area contributed by atoms with Crippen LogP contribution in [0.15, 0.2) is 11.6 Å². The molecule has 1 N–H and O–H groups in total. The van der Waals surface area contributed by atoms with Crippen LogP contribution in [0.5, 0.6) is 0 Å². The van der Waals surface area contributed by atoms with Crippen LogP contribution in [0.2, 0.25) is 0 Å². The van der Waals surface area contributed by atoms with Crippen molar-refractivity contribution in [2.45, 2.75) is 41.0 Å². The number of anilines is 1. The maximum atomic E-state index is 12.4. The highest BCUT2D eigenvalue weighted by molar-refractivity contribution is 7.13. The van der Waals surface area contributed by atoms with Crippen LogP contribution in [0, 0.1) is 11.3 Å². The number of nitrogens with one attached hydrogen (secondary N) is 1. The Morgan fingerprint density at radius 2 is 2.05 bits per heavy atom. The molecule has 118 valence electrons. The molecular formula is C15H25N3O2S. The zero-order valence-corrected chi connectivity index (χ0v) is 14.3. The van der Waals surface area contributed by atoms with E-state index in [-0.39, 0.29) is 23.8 Å². The van der Waals surface area contributed by atoms with Crippen molar-refractivity contribution in [1.29, 1.82) is 0 Å². The van der Waals surface area contributed by atoms with Crippen LogP contribution in [0.4, 0.5) is 5.13 Å². The molecule has 1 aromatic heterocycles. The third kappa shape index (κ3) is 7.22. The molecule has 0 saturated carbocycles. The van der Waals surface area contributed by atoms with Gasteiger partial charge < -0.3 is 10.2 Å². The first-order valence-corrected chi connectivity index (χ1v) is 8.02. The van der Waals surface area contributed by atoms with Crippen LogP contribution in [-0.2, 0) is 9.59 Å². The molecule has 6 heteroatoms. The standard InChI is InChI=1S/C15H25N3O2S/c1-11(2)9-18(13(20)8-15(3,4)5)10-12(19)17-14-16-6-7-21-14/h6-7,11H,8-10H2,1-5H3,(H,16,17,19). The van der Waals surface area contributed by atoms with Gasteiger partial charge in [-0.2, -0.15) is 0 Å². The average molecular weight is 311 g/mol. The van der Waals surface area contributed by atoms with Gasteiger partial charge in [-0.05, 0) is 11.3 Å². The molecule has 0 fully saturated rings. The number of amides is 2. The minimum atomic E-state index is -0.201. The number of aromatic nitrogens is 1. The molecule has 1 rings (SSSR count). The van der Waals surface area contributed by atoms with Crippen molar-refractivity contribution < 1.29 is 9.59 Å². The number of thiazole rings is 1. The summed E-state index contributed by atoms with van der Waals surface area (Å²) in [4.78, 5) is 30.0. The highest BCUT2D eigenvalue weighted by atomic mass is 32.1. The number of nitrogens with zero attached hydrogens (tertiary/aromatic N) is 2. The molecule has 0 aromatic carbocycles. The molecule has 2 amide bonds. The molecule has 0 radical (unpaired) electrons. The predicted octanol–water partition coefficient (Wildman–Crippen LogP) is 3.00. The fraction of sp³-hybridized carbons (Fsp3) is 0.667. The number of rotatable bonds is 6. The predicted molar refractivity (Wildman–Crippen MR) is 86.2 cm³/mol. The van der Waals surface area contributed by atoms with E-state index in [1.54, 1.807) is 16.5 Å². The second kappa shape index (κ2) is 7.54. The summed E-state index contributed by atoms with van der Waals surface area (Å²) in [5, 5.41) is 5.08. The van der Waals surface area contributed by atoms with Gasteiger partial charge in [0.1, 0.15) is 0 Å². The molecule has 0 aliphatic carbocycles. The fourth-order valence-corrected chi connectivity index (χ4v) is 2.42. The first-order chi connectivity index (χ1) is 9.67. The fourth-order valence-electron chi connectivity index (χ4n) is 1.88. The summed E-state index contributed by atoms with van der Waals surface area (Å²) in [5.41, 5.74) is -0.0852. The van der Waals surface area contributed by atoms with Gasteiger partial charge in [0.05, 0.1) is 6.54 Å². The Bertz CT molecular complexity index is 464. The van der Waals surface area contributed by atoms with Crippen molar-refractivity contribution in [2.24, 2.45) is 11.3 Å². The Labute approximate surface area is 130 Å². The lowest BCUT2D eigenvalue weighted by atomic mass is 9.91. The minimum Gasteiger partial charge on any atom is -0.333 e. The van der Waals surface area contributed by atoms with E-state index in [2.05, 4.69) is 10.3 Å². The molecule has 0 bridgehead atoms. The van der Waals surface area contributed by atoms with Gasteiger partial charge in [0.25, 0.3) is 0 Å². The first-order valence-electron chi connectivity index (χ1n) is 7.14. The highest BCUT2D eigenvalue weighted by Gasteiger charge is 2.23. The number of hydrogen-bond acceptors (Lipinski definition) is 4. The molecule has 5 nitrogen and oxygen atoms in total. The molecule has 1 aromatic rings. The van der Waals surface area contributed by atoms with Gasteiger partial charge in [-0.1, -0.05) is 34.6 Å². The van der Waals surface area contributed by atoms with Gasteiger partial charge >= 0.3 is 0 Å². The van der Waals surface area contributed by atoms with E-state index < -0.39 is 0 Å². The minimum absolute atomic E-state index is 0.0190. The van der Waals surface area contributed by atoms with Crippen molar-refractivity contribution in [1.82, 2.24) is 9.88 Å². The Kier molecular flexibility index (Phi) is 6.33. The maximum absolute atomic E-state index is 12.4. The Balaban J connectivity index is 2.64. The smallest absolute Gasteiger partial charge is 0.245 e. The van der Waals surface area contributed by atoms with E-state index in [0.29, 0.717) is 24.0 Å². The zero-order valence-electron chi connectivity index (χ0n) is 13.5. The van der Waals surface area contributed by atoms with E-state index in [4.69, 9.17) is 0 Å². The molecule has 0 aliphatic rings. The molecule has 0 atom stereocenters. The van der Waals surface area contributed by atoms with Crippen LogP contribution in [0.25, 0.3) is 0 Å². The van der Waals surface area contributed by atoms with Crippen LogP contribution < -0.4 is 5.32 Å². The van der Waals surface area contributed by atoms with Crippen LogP contribution >= 0.6 is 11.3 Å². The normalized spacial score (nSPS) is 11.5. The largest absolute Gasteiger partial charge is 0.333 e. The van der Waals surface area contributed by atoms with Crippen molar-refractivity contribution in [3.8, 4) is 0 Å². The summed E-state index contributed by atoms with van der Waals surface area (Å²) in [6.07, 6.45) is 2.07. The highest BCUT2D eigenvalue weighted by Crippen LogP contribution is 2.20. The lowest BCUT2D eigenvalue weighted by Gasteiger charge is -2.27. The molecular weight excluding hydrogens is 286 g/mol. The second-order valence-corrected chi connectivity index (χ2v) is 7.69. The second-order valence-electron chi connectivity index (χ2n) is 6.79. The molecule has 21 heavy (non-hydrogen) atoms. The Morgan fingerprint density at radius 1 is 1.38 bits per heavy atom. The van der Waals surface area contributed by atoms with Crippen LogP contribution in [-0.4, -0.2) is 34.8 Å². The van der Waals surface area contributed by atoms with Crippen molar-refractivity contribution in [2.75, 3.05) is 18.4 Å². The van der Waals surface area contributed by atoms with Gasteiger partial charge in [-0.3, -0.25) is 9.59 Å². The SMILES string of the molecule is CC(C)CN(CC(=O)Nc1nccs1)C(=O)CC(C)(C)C. The number of carbonyl (C=O) groups is 2. The molecule has 0 spiro atoms. The third-order valence-electron chi connectivity index (χ3n) is 2.63. The Morgan fingerprint density at radius 3 is 2.52 bits per heavy atom. The summed E-state index contributed by atoms with van der Waals surface area (Å²) < 4.78 is 0. The van der Waals surface area contributed by atoms with Gasteiger partial charge in [-0.25, -0.2) is 4.98 Å². The molecule has 1 heterocycles. The van der Waals surface area contributed by atoms with E-state index in [1.807, 2.05) is 34.6 Å². The summed E-state index contributed by atoms with van der Waals surface area (Å²) >= 11 is 1.36. The van der Waals surface area contributed by atoms with Gasteiger partial charge in [-0.15, -0.1) is 11.3 Å². The van der Waals surface area contributed by atoms with Gasteiger partial charge in [0.2, 0.25) is 11.8 Å². The van der Waals surface area contributed by atoms with E-state index in [9.17, 15) is 9.59 Å². The average Bonchev–Trinajstić information content (AvgIpc) is 2.77. The summed E-state index contributed by atoms with van der Waals surface area (Å²) in [6.45, 7) is 10.8.